The fourth-order valence-corrected chi connectivity index (χ4v) is 10.9. The number of carbonyl (C=O) groups is 1. The molecule has 3 nitrogen and oxygen atoms in total. The summed E-state index contributed by atoms with van der Waals surface area (Å²) < 4.78 is 98.5. The van der Waals surface area contributed by atoms with E-state index in [4.69, 9.17) is 4.74 Å². The van der Waals surface area contributed by atoms with E-state index in [1.807, 2.05) is 13.8 Å². The van der Waals surface area contributed by atoms with Crippen molar-refractivity contribution in [3.8, 4) is 0 Å². The van der Waals surface area contributed by atoms with E-state index in [0.717, 1.165) is 6.08 Å². The Labute approximate surface area is 200 Å². The average Bonchev–Trinajstić information content (AvgIpc) is 3.57. The van der Waals surface area contributed by atoms with Gasteiger partial charge in [0.2, 0.25) is 0 Å². The zero-order chi connectivity index (χ0) is 25.6. The van der Waals surface area contributed by atoms with Crippen LogP contribution < -0.4 is 0 Å². The van der Waals surface area contributed by atoms with Gasteiger partial charge in [0.25, 0.3) is 11.8 Å². The molecule has 0 bridgehead atoms. The Kier molecular flexibility index (Phi) is 3.64. The van der Waals surface area contributed by atoms with Gasteiger partial charge in [-0.3, -0.25) is 4.79 Å². The summed E-state index contributed by atoms with van der Waals surface area (Å²) in [6.45, 7) is 5.14. The molecule has 0 aromatic rings. The number of Topliss-reactive ketones (excluding diaryl/α,β-unsaturated/α-hetero) is 1. The number of epoxide rings is 1. The van der Waals surface area contributed by atoms with Gasteiger partial charge in [-0.2, -0.15) is 8.78 Å². The molecule has 1 aliphatic heterocycles. The first-order valence-corrected chi connectivity index (χ1v) is 12.6. The molecule has 35 heavy (non-hydrogen) atoms. The van der Waals surface area contributed by atoms with Gasteiger partial charge in [-0.25, -0.2) is 17.6 Å². The normalized spacial score (nSPS) is 61.4. The minimum absolute atomic E-state index is 0.0828. The molecule has 11 atom stereocenters. The van der Waals surface area contributed by atoms with Crippen LogP contribution in [0.1, 0.15) is 60.3 Å². The number of halogens is 6. The quantitative estimate of drug-likeness (QED) is 0.268. The summed E-state index contributed by atoms with van der Waals surface area (Å²) in [5.74, 6) is -10.3. The fourth-order valence-electron chi connectivity index (χ4n) is 10.9. The molecule has 1 saturated heterocycles. The lowest BCUT2D eigenvalue weighted by Gasteiger charge is -2.59. The first kappa shape index (κ1) is 23.1. The van der Waals surface area contributed by atoms with E-state index in [1.165, 1.54) is 13.8 Å². The van der Waals surface area contributed by atoms with Gasteiger partial charge in [0.15, 0.2) is 17.0 Å². The van der Waals surface area contributed by atoms with Crippen LogP contribution in [-0.2, 0) is 14.3 Å². The van der Waals surface area contributed by atoms with Gasteiger partial charge in [0, 0.05) is 11.3 Å². The minimum Gasteiger partial charge on any atom is -0.354 e. The third-order valence-corrected chi connectivity index (χ3v) is 12.4. The predicted molar refractivity (Wildman–Crippen MR) is 111 cm³/mol. The second-order valence-electron chi connectivity index (χ2n) is 13.4. The third-order valence-electron chi connectivity index (χ3n) is 12.4. The molecule has 0 N–H and O–H groups in total. The predicted octanol–water partition coefficient (Wildman–Crippen LogP) is 6.02. The number of ketones is 1. The second-order valence-corrected chi connectivity index (χ2v) is 13.4. The molecule has 194 valence electrons. The van der Waals surface area contributed by atoms with Crippen LogP contribution in [0.15, 0.2) is 11.6 Å². The lowest BCUT2D eigenvalue weighted by Crippen LogP contribution is -2.56. The number of ether oxygens (including phenoxy) is 2. The van der Waals surface area contributed by atoms with Crippen molar-refractivity contribution in [2.75, 3.05) is 0 Å². The largest absolute Gasteiger partial charge is 0.354 e. The molecule has 0 aromatic carbocycles. The van der Waals surface area contributed by atoms with Crippen LogP contribution in [0.4, 0.5) is 26.3 Å². The smallest absolute Gasteiger partial charge is 0.346 e. The zero-order valence-electron chi connectivity index (χ0n) is 20.4. The van der Waals surface area contributed by atoms with Crippen molar-refractivity contribution >= 4 is 5.78 Å². The Hall–Kier alpha value is -1.09. The maximum Gasteiger partial charge on any atom is 0.346 e. The molecule has 0 unspecified atom stereocenters. The van der Waals surface area contributed by atoms with Gasteiger partial charge in [-0.15, -0.1) is 0 Å². The number of hydrogen-bond donors (Lipinski definition) is 0. The highest BCUT2D eigenvalue weighted by Gasteiger charge is 2.94. The maximum atomic E-state index is 15.8. The Morgan fingerprint density at radius 3 is 2.31 bits per heavy atom. The fraction of sp³-hybridized carbons (Fsp3) is 0.885. The van der Waals surface area contributed by atoms with Crippen molar-refractivity contribution < 1.29 is 40.6 Å². The number of alkyl halides is 6. The molecule has 0 spiro atoms. The summed E-state index contributed by atoms with van der Waals surface area (Å²) in [4.78, 5) is 12.8. The SMILES string of the molecule is CC(=O)[C@@]12O[C@]1(C)C[C@H]1[C@@H]3[C@@H]4C(F)(F)[C@]4(C)C4=C[C@]5(OC(F)F)[C@H](C[C@]4(C)[C@H]3CC[C@@]12C)C5(F)F. The zero-order valence-corrected chi connectivity index (χ0v) is 20.4. The van der Waals surface area contributed by atoms with Gasteiger partial charge in [0.05, 0.1) is 11.3 Å². The highest BCUT2D eigenvalue weighted by molar-refractivity contribution is 5.91. The molecule has 0 radical (unpaired) electrons. The van der Waals surface area contributed by atoms with Crippen LogP contribution >= 0.6 is 0 Å². The van der Waals surface area contributed by atoms with E-state index in [2.05, 4.69) is 4.74 Å². The van der Waals surface area contributed by atoms with Crippen LogP contribution in [0.25, 0.3) is 0 Å². The second kappa shape index (κ2) is 5.52. The van der Waals surface area contributed by atoms with Crippen molar-refractivity contribution in [1.82, 2.24) is 0 Å². The molecule has 1 heterocycles. The van der Waals surface area contributed by atoms with Gasteiger partial charge in [0.1, 0.15) is 5.60 Å². The highest BCUT2D eigenvalue weighted by atomic mass is 19.3. The molecule has 7 rings (SSSR count). The first-order valence-electron chi connectivity index (χ1n) is 12.6. The third kappa shape index (κ3) is 1.95. The minimum atomic E-state index is -3.53. The van der Waals surface area contributed by atoms with Crippen LogP contribution in [0.2, 0.25) is 0 Å². The molecule has 6 fully saturated rings. The van der Waals surface area contributed by atoms with Gasteiger partial charge < -0.3 is 9.47 Å². The van der Waals surface area contributed by atoms with Crippen molar-refractivity contribution in [3.05, 3.63) is 11.6 Å². The Bertz CT molecular complexity index is 1120. The van der Waals surface area contributed by atoms with Crippen LogP contribution in [-0.4, -0.2) is 41.0 Å². The molecule has 9 heteroatoms. The van der Waals surface area contributed by atoms with Crippen LogP contribution in [0.5, 0.6) is 0 Å². The molecule has 5 saturated carbocycles. The van der Waals surface area contributed by atoms with Gasteiger partial charge >= 0.3 is 6.61 Å². The van der Waals surface area contributed by atoms with Crippen molar-refractivity contribution in [1.29, 1.82) is 0 Å². The van der Waals surface area contributed by atoms with Gasteiger partial charge in [-0.05, 0) is 75.7 Å². The maximum absolute atomic E-state index is 15.8. The standard InChI is InChI=1S/C26H30F6O3/c1-11(33)24-20(3)7-6-12-16(13(20)8-21(24,4)35-24)17-22(5,26(17,31)32)14-10-23(34-18(27)28)15(25(23,29)30)9-19(12,14)2/h10,12-13,15-18H,6-9H2,1-5H3/t12-,13-,15-,16+,17-,19+,20-,21+,22+,23-,24-/m0/s1. The number of allylic oxidation sites excluding steroid dienone is 1. The summed E-state index contributed by atoms with van der Waals surface area (Å²) >= 11 is 0. The van der Waals surface area contributed by atoms with Crippen molar-refractivity contribution in [2.45, 2.75) is 95.6 Å². The monoisotopic (exact) mass is 504 g/mol. The molecule has 7 aliphatic rings. The molecule has 0 aromatic heterocycles. The molecular weight excluding hydrogens is 474 g/mol. The van der Waals surface area contributed by atoms with Crippen molar-refractivity contribution in [2.24, 2.45) is 45.8 Å². The van der Waals surface area contributed by atoms with Crippen LogP contribution in [0, 0.1) is 45.8 Å². The van der Waals surface area contributed by atoms with E-state index < -0.39 is 69.3 Å². The lowest BCUT2D eigenvalue weighted by molar-refractivity contribution is -0.187. The molecule has 6 aliphatic carbocycles. The van der Waals surface area contributed by atoms with E-state index >= 15 is 8.78 Å². The first-order chi connectivity index (χ1) is 15.9. The van der Waals surface area contributed by atoms with E-state index in [1.54, 1.807) is 6.92 Å². The number of fused-ring (bicyclic) bond motifs is 11. The summed E-state index contributed by atoms with van der Waals surface area (Å²) in [5, 5.41) is 0. The lowest BCUT2D eigenvalue weighted by atomic mass is 9.45. The molecular formula is C26H30F6O3. The van der Waals surface area contributed by atoms with E-state index in [0.29, 0.717) is 19.3 Å². The Morgan fingerprint density at radius 1 is 1.06 bits per heavy atom. The average molecular weight is 505 g/mol. The Morgan fingerprint density at radius 2 is 1.71 bits per heavy atom. The van der Waals surface area contributed by atoms with Crippen LogP contribution in [0.3, 0.4) is 0 Å². The number of carbonyl (C=O) groups excluding carboxylic acids is 1. The summed E-state index contributed by atoms with van der Waals surface area (Å²) in [6, 6.07) is 0. The molecule has 0 amide bonds. The van der Waals surface area contributed by atoms with Crippen molar-refractivity contribution in [3.63, 3.8) is 0 Å². The highest BCUT2D eigenvalue weighted by Crippen LogP contribution is 2.88. The summed E-state index contributed by atoms with van der Waals surface area (Å²) in [5.41, 5.74) is -7.29. The van der Waals surface area contributed by atoms with Gasteiger partial charge in [-0.1, -0.05) is 19.4 Å². The Balaban J connectivity index is 1.37. The topological polar surface area (TPSA) is 38.8 Å². The number of rotatable bonds is 3. The number of hydrogen-bond acceptors (Lipinski definition) is 3. The van der Waals surface area contributed by atoms with E-state index in [9.17, 15) is 22.4 Å². The summed E-state index contributed by atoms with van der Waals surface area (Å²) in [6.07, 6.45) is 2.39. The van der Waals surface area contributed by atoms with E-state index in [-0.39, 0.29) is 29.6 Å². The summed E-state index contributed by atoms with van der Waals surface area (Å²) in [7, 11) is 0.